The van der Waals surface area contributed by atoms with Crippen molar-refractivity contribution in [2.45, 2.75) is 27.7 Å². The van der Waals surface area contributed by atoms with Crippen molar-refractivity contribution < 1.29 is 5.11 Å². The van der Waals surface area contributed by atoms with Crippen molar-refractivity contribution in [2.75, 3.05) is 0 Å². The van der Waals surface area contributed by atoms with Crippen molar-refractivity contribution in [3.63, 3.8) is 0 Å². The van der Waals surface area contributed by atoms with E-state index < -0.39 is 0 Å². The number of rotatable bonds is 5. The van der Waals surface area contributed by atoms with Gasteiger partial charge in [-0.2, -0.15) is 0 Å². The van der Waals surface area contributed by atoms with E-state index in [-0.39, 0.29) is 5.75 Å². The zero-order chi connectivity index (χ0) is 20.8. The summed E-state index contributed by atoms with van der Waals surface area (Å²) >= 11 is 0. The fourth-order valence-corrected chi connectivity index (χ4v) is 2.80. The Morgan fingerprint density at radius 2 is 1.82 bits per heavy atom. The molecule has 0 radical (unpaired) electrons. The molecule has 3 N–H and O–H groups in total. The maximum absolute atomic E-state index is 9.66. The van der Waals surface area contributed by atoms with Gasteiger partial charge in [0.1, 0.15) is 16.6 Å². The summed E-state index contributed by atoms with van der Waals surface area (Å²) in [6.07, 6.45) is 9.38. The number of aromatic hydroxyl groups is 1. The highest BCUT2D eigenvalue weighted by Crippen LogP contribution is 2.11. The third-order valence-electron chi connectivity index (χ3n) is 4.02. The first kappa shape index (κ1) is 20.8. The summed E-state index contributed by atoms with van der Waals surface area (Å²) in [6, 6.07) is 6.89. The van der Waals surface area contributed by atoms with E-state index in [0.29, 0.717) is 16.7 Å². The highest BCUT2D eigenvalue weighted by atomic mass is 16.3. The largest absolute Gasteiger partial charge is 0.508 e. The van der Waals surface area contributed by atoms with Gasteiger partial charge in [0.15, 0.2) is 5.49 Å². The molecule has 1 aromatic carbocycles. The van der Waals surface area contributed by atoms with Gasteiger partial charge in [0.2, 0.25) is 0 Å². The van der Waals surface area contributed by atoms with Crippen LogP contribution in [0.4, 0.5) is 0 Å². The van der Waals surface area contributed by atoms with Crippen molar-refractivity contribution in [3.05, 3.63) is 83.2 Å². The van der Waals surface area contributed by atoms with Crippen molar-refractivity contribution in [1.29, 1.82) is 0 Å². The molecule has 0 atom stereocenters. The Balaban J connectivity index is 3.11. The Kier molecular flexibility index (Phi) is 6.66. The summed E-state index contributed by atoms with van der Waals surface area (Å²) in [4.78, 5) is 4.71. The molecule has 5 heteroatoms. The topological polar surface area (TPSA) is 68.5 Å². The van der Waals surface area contributed by atoms with Crippen LogP contribution in [0.5, 0.6) is 5.75 Å². The Labute approximate surface area is 165 Å². The van der Waals surface area contributed by atoms with E-state index in [0.717, 1.165) is 22.3 Å². The van der Waals surface area contributed by atoms with Crippen LogP contribution in [-0.2, 0) is 0 Å². The monoisotopic (exact) mass is 376 g/mol. The fraction of sp³-hybridized carbons (Fsp3) is 0.174. The van der Waals surface area contributed by atoms with Crippen molar-refractivity contribution in [3.8, 4) is 11.4 Å². The number of hydrogen-bond acceptors (Lipinski definition) is 3. The minimum atomic E-state index is 0.193. The quantitative estimate of drug-likeness (QED) is 0.788. The van der Waals surface area contributed by atoms with Gasteiger partial charge in [-0.3, -0.25) is 9.13 Å². The maximum Gasteiger partial charge on any atom is 0.165 e. The van der Waals surface area contributed by atoms with Gasteiger partial charge in [0, 0.05) is 23.3 Å². The molecule has 0 spiro atoms. The van der Waals surface area contributed by atoms with Crippen LogP contribution in [0.15, 0.2) is 71.9 Å². The van der Waals surface area contributed by atoms with Crippen LogP contribution in [0.25, 0.3) is 23.7 Å². The number of phenols is 1. The standard InChI is InChI=1S/C23H28N4O/c1-7-9-10-19(8-2)27-18(6)26(20-11-13-21(28)14-12-20)22(17(5)24)23(27)25-15-16(3)4/h7-15,28H,2,6,24H2,1,3-5H3. The van der Waals surface area contributed by atoms with E-state index in [2.05, 4.69) is 13.2 Å². The second kappa shape index (κ2) is 8.95. The van der Waals surface area contributed by atoms with Crippen LogP contribution in [0, 0.1) is 0 Å². The molecule has 2 aromatic rings. The lowest BCUT2D eigenvalue weighted by Crippen LogP contribution is -2.36. The minimum absolute atomic E-state index is 0.193. The van der Waals surface area contributed by atoms with Crippen LogP contribution >= 0.6 is 0 Å². The summed E-state index contributed by atoms with van der Waals surface area (Å²) in [7, 11) is 0. The lowest BCUT2D eigenvalue weighted by atomic mass is 10.3. The lowest BCUT2D eigenvalue weighted by molar-refractivity contribution is 0.475. The highest BCUT2D eigenvalue weighted by Gasteiger charge is 2.12. The molecule has 0 fully saturated rings. The van der Waals surface area contributed by atoms with Crippen LogP contribution in [0.1, 0.15) is 27.7 Å². The van der Waals surface area contributed by atoms with Gasteiger partial charge in [-0.25, -0.2) is 4.99 Å². The molecule has 0 amide bonds. The molecule has 2 rings (SSSR count). The molecule has 28 heavy (non-hydrogen) atoms. The van der Waals surface area contributed by atoms with E-state index in [9.17, 15) is 5.11 Å². The zero-order valence-electron chi connectivity index (χ0n) is 17.0. The zero-order valence-corrected chi connectivity index (χ0v) is 17.0. The fourth-order valence-electron chi connectivity index (χ4n) is 2.80. The van der Waals surface area contributed by atoms with Gasteiger partial charge < -0.3 is 10.8 Å². The number of hydrogen-bond donors (Lipinski definition) is 2. The predicted octanol–water partition coefficient (Wildman–Crippen LogP) is 2.91. The molecular weight excluding hydrogens is 348 g/mol. The summed E-state index contributed by atoms with van der Waals surface area (Å²) in [5.74, 6) is 0.193. The minimum Gasteiger partial charge on any atom is -0.508 e. The molecular formula is C23H28N4O. The molecule has 0 bridgehead atoms. The van der Waals surface area contributed by atoms with E-state index in [4.69, 9.17) is 10.7 Å². The normalized spacial score (nSPS) is 13.7. The number of imidazole rings is 1. The van der Waals surface area contributed by atoms with Gasteiger partial charge in [0.05, 0.1) is 0 Å². The van der Waals surface area contributed by atoms with Crippen LogP contribution in [-0.4, -0.2) is 14.2 Å². The molecule has 0 unspecified atom stereocenters. The molecule has 0 aliphatic carbocycles. The Hall–Kier alpha value is -3.47. The highest BCUT2D eigenvalue weighted by molar-refractivity contribution is 5.59. The molecule has 0 aliphatic rings. The van der Waals surface area contributed by atoms with Crippen LogP contribution < -0.4 is 22.1 Å². The molecule has 0 aliphatic heterocycles. The first-order chi connectivity index (χ1) is 13.3. The first-order valence-corrected chi connectivity index (χ1v) is 9.03. The first-order valence-electron chi connectivity index (χ1n) is 9.03. The number of allylic oxidation sites excluding steroid dienone is 6. The van der Waals surface area contributed by atoms with Crippen LogP contribution in [0.3, 0.4) is 0 Å². The third-order valence-corrected chi connectivity index (χ3v) is 4.02. The summed E-state index contributed by atoms with van der Waals surface area (Å²) in [5, 5.41) is 10.4. The molecule has 1 heterocycles. The third kappa shape index (κ3) is 4.26. The second-order valence-electron chi connectivity index (χ2n) is 6.62. The van der Waals surface area contributed by atoms with Gasteiger partial charge in [-0.15, -0.1) is 0 Å². The van der Waals surface area contributed by atoms with Gasteiger partial charge in [-0.05, 0) is 64.1 Å². The van der Waals surface area contributed by atoms with Gasteiger partial charge in [-0.1, -0.05) is 30.9 Å². The average molecular weight is 377 g/mol. The number of nitrogens with zero attached hydrogens (tertiary/aromatic N) is 3. The van der Waals surface area contributed by atoms with Crippen molar-refractivity contribution >= 4 is 18.0 Å². The molecule has 5 nitrogen and oxygen atoms in total. The number of phenolic OH excluding ortho intramolecular Hbond substituents is 1. The van der Waals surface area contributed by atoms with E-state index in [1.165, 1.54) is 0 Å². The van der Waals surface area contributed by atoms with E-state index in [1.807, 2.05) is 67.2 Å². The molecule has 1 aromatic heterocycles. The molecule has 0 saturated heterocycles. The number of benzene rings is 1. The summed E-state index contributed by atoms with van der Waals surface area (Å²) in [5.41, 5.74) is 10.9. The second-order valence-corrected chi connectivity index (χ2v) is 6.62. The average Bonchev–Trinajstić information content (AvgIpc) is 2.94. The molecule has 0 saturated carbocycles. The predicted molar refractivity (Wildman–Crippen MR) is 118 cm³/mol. The Morgan fingerprint density at radius 1 is 1.18 bits per heavy atom. The van der Waals surface area contributed by atoms with Crippen molar-refractivity contribution in [2.24, 2.45) is 10.7 Å². The van der Waals surface area contributed by atoms with Gasteiger partial charge >= 0.3 is 0 Å². The Bertz CT molecular complexity index is 1130. The lowest BCUT2D eigenvalue weighted by Gasteiger charge is -2.07. The Morgan fingerprint density at radius 3 is 2.32 bits per heavy atom. The van der Waals surface area contributed by atoms with Crippen molar-refractivity contribution in [1.82, 2.24) is 9.13 Å². The van der Waals surface area contributed by atoms with E-state index >= 15 is 0 Å². The summed E-state index contributed by atoms with van der Waals surface area (Å²) < 4.78 is 3.85. The number of nitrogens with two attached hydrogens (primary N) is 1. The SMILES string of the molecule is C=CC(=CC=CC)n1c(=NC=C(C)C)c(=C(C)N)n(-c2ccc(O)cc2)c1=C. The van der Waals surface area contributed by atoms with Crippen LogP contribution in [0.2, 0.25) is 0 Å². The maximum atomic E-state index is 9.66. The molecule has 146 valence electrons. The number of aromatic nitrogens is 2. The van der Waals surface area contributed by atoms with E-state index in [1.54, 1.807) is 24.4 Å². The smallest absolute Gasteiger partial charge is 0.165 e. The summed E-state index contributed by atoms with van der Waals surface area (Å²) in [6.45, 7) is 16.0. The van der Waals surface area contributed by atoms with Gasteiger partial charge in [0.25, 0.3) is 0 Å².